The van der Waals surface area contributed by atoms with Crippen molar-refractivity contribution in [1.82, 2.24) is 16.0 Å². The van der Waals surface area contributed by atoms with Gasteiger partial charge in [-0.05, 0) is 43.5 Å². The first-order valence-electron chi connectivity index (χ1n) is 17.0. The van der Waals surface area contributed by atoms with Crippen LogP contribution in [0.1, 0.15) is 74.6 Å². The van der Waals surface area contributed by atoms with E-state index < -0.39 is 18.0 Å². The van der Waals surface area contributed by atoms with E-state index in [-0.39, 0.29) is 82.1 Å². The lowest BCUT2D eigenvalue weighted by Crippen LogP contribution is -2.41. The fourth-order valence-corrected chi connectivity index (χ4v) is 4.36. The molecular weight excluding hydrogens is 658 g/mol. The Labute approximate surface area is 292 Å². The fourth-order valence-electron chi connectivity index (χ4n) is 4.36. The average molecular weight is 712 g/mol. The maximum atomic E-state index is 12.3. The molecule has 282 valence electrons. The molecule has 1 aromatic rings. The highest BCUT2D eigenvalue weighted by atomic mass is 16.5. The molecule has 0 saturated heterocycles. The predicted molar refractivity (Wildman–Crippen MR) is 180 cm³/mol. The maximum absolute atomic E-state index is 12.3. The Balaban J connectivity index is 1.97. The van der Waals surface area contributed by atoms with Crippen LogP contribution < -0.4 is 20.7 Å². The van der Waals surface area contributed by atoms with Crippen molar-refractivity contribution in [2.45, 2.75) is 70.3 Å². The van der Waals surface area contributed by atoms with Crippen molar-refractivity contribution in [2.75, 3.05) is 72.6 Å². The molecule has 0 aromatic heterocycles. The van der Waals surface area contributed by atoms with Gasteiger partial charge in [-0.1, -0.05) is 32.1 Å². The molecule has 0 radical (unpaired) electrons. The Morgan fingerprint density at radius 1 is 0.640 bits per heavy atom. The second-order valence-corrected chi connectivity index (χ2v) is 11.1. The summed E-state index contributed by atoms with van der Waals surface area (Å²) in [6.07, 6.45) is 7.13. The average Bonchev–Trinajstić information content (AvgIpc) is 3.09. The number of aliphatic carboxylic acids is 1. The summed E-state index contributed by atoms with van der Waals surface area (Å²) in [5.74, 6) is -2.56. The topological polar surface area (TPSA) is 225 Å². The normalized spacial score (nSPS) is 11.4. The lowest BCUT2D eigenvalue weighted by molar-refractivity contribution is -0.142. The van der Waals surface area contributed by atoms with Crippen LogP contribution in [0.5, 0.6) is 5.75 Å². The van der Waals surface area contributed by atoms with E-state index in [0.717, 1.165) is 38.5 Å². The molecule has 16 heteroatoms. The van der Waals surface area contributed by atoms with Gasteiger partial charge in [0, 0.05) is 25.9 Å². The third-order valence-corrected chi connectivity index (χ3v) is 7.01. The van der Waals surface area contributed by atoms with Gasteiger partial charge in [0.1, 0.15) is 31.3 Å². The first-order valence-corrected chi connectivity index (χ1v) is 17.0. The van der Waals surface area contributed by atoms with Crippen molar-refractivity contribution in [1.29, 1.82) is 0 Å². The molecule has 1 atom stereocenters. The van der Waals surface area contributed by atoms with E-state index in [1.165, 1.54) is 12.1 Å². The molecule has 50 heavy (non-hydrogen) atoms. The van der Waals surface area contributed by atoms with Gasteiger partial charge in [-0.25, -0.2) is 9.59 Å². The number of hydrogen-bond acceptors (Lipinski definition) is 11. The summed E-state index contributed by atoms with van der Waals surface area (Å²) in [4.78, 5) is 68.6. The lowest BCUT2D eigenvalue weighted by atomic mass is 10.1. The van der Waals surface area contributed by atoms with E-state index in [1.54, 1.807) is 12.1 Å². The molecule has 0 fully saturated rings. The van der Waals surface area contributed by atoms with Gasteiger partial charge in [0.15, 0.2) is 0 Å². The zero-order valence-corrected chi connectivity index (χ0v) is 28.7. The Bertz CT molecular complexity index is 1120. The Hall–Kier alpha value is -4.12. The van der Waals surface area contributed by atoms with Crippen molar-refractivity contribution >= 4 is 35.9 Å². The van der Waals surface area contributed by atoms with Crippen LogP contribution in [0.3, 0.4) is 0 Å². The van der Waals surface area contributed by atoms with E-state index >= 15 is 0 Å². The molecule has 0 unspecified atom stereocenters. The van der Waals surface area contributed by atoms with Gasteiger partial charge in [0.25, 0.3) is 0 Å². The van der Waals surface area contributed by atoms with Crippen molar-refractivity contribution < 1.29 is 62.7 Å². The number of rotatable bonds is 33. The number of aromatic carboxylic acids is 1. The van der Waals surface area contributed by atoms with Crippen LogP contribution in [-0.4, -0.2) is 125 Å². The summed E-state index contributed by atoms with van der Waals surface area (Å²) in [5, 5.41) is 26.1. The summed E-state index contributed by atoms with van der Waals surface area (Å²) in [6, 6.07) is 5.14. The highest BCUT2D eigenvalue weighted by Crippen LogP contribution is 2.14. The smallest absolute Gasteiger partial charge is 0.335 e. The molecule has 0 heterocycles. The third kappa shape index (κ3) is 24.9. The number of aldehydes is 1. The number of carbonyl (C=O) groups excluding carboxylic acids is 4. The molecule has 5 N–H and O–H groups in total. The maximum Gasteiger partial charge on any atom is 0.335 e. The molecular formula is C34H53N3O13. The number of ether oxygens (including phenoxy) is 5. The first-order chi connectivity index (χ1) is 24.2. The van der Waals surface area contributed by atoms with Crippen LogP contribution >= 0.6 is 0 Å². The van der Waals surface area contributed by atoms with Crippen LogP contribution in [0.15, 0.2) is 24.3 Å². The Kier molecular flexibility index (Phi) is 26.1. The minimum atomic E-state index is -1.20. The zero-order chi connectivity index (χ0) is 36.7. The van der Waals surface area contributed by atoms with Gasteiger partial charge in [-0.2, -0.15) is 0 Å². The van der Waals surface area contributed by atoms with Crippen molar-refractivity contribution in [3.05, 3.63) is 29.8 Å². The molecule has 0 aliphatic carbocycles. The summed E-state index contributed by atoms with van der Waals surface area (Å²) in [7, 11) is 0. The van der Waals surface area contributed by atoms with Crippen molar-refractivity contribution in [3.8, 4) is 5.75 Å². The van der Waals surface area contributed by atoms with E-state index in [9.17, 15) is 33.9 Å². The second-order valence-electron chi connectivity index (χ2n) is 11.1. The second kappa shape index (κ2) is 29.8. The monoisotopic (exact) mass is 711 g/mol. The lowest BCUT2D eigenvalue weighted by Gasteiger charge is -2.14. The van der Waals surface area contributed by atoms with E-state index in [2.05, 4.69) is 16.0 Å². The summed E-state index contributed by atoms with van der Waals surface area (Å²) >= 11 is 0. The number of carboxylic acid groups (broad SMARTS) is 2. The molecule has 1 rings (SSSR count). The van der Waals surface area contributed by atoms with Gasteiger partial charge >= 0.3 is 11.9 Å². The minimum absolute atomic E-state index is 0.0241. The number of nitrogens with one attached hydrogen (secondary N) is 3. The molecule has 0 saturated carbocycles. The van der Waals surface area contributed by atoms with Gasteiger partial charge in [-0.3, -0.25) is 14.4 Å². The van der Waals surface area contributed by atoms with Gasteiger partial charge in [-0.15, -0.1) is 0 Å². The van der Waals surface area contributed by atoms with Gasteiger partial charge in [0.05, 0.1) is 51.8 Å². The predicted octanol–water partition coefficient (Wildman–Crippen LogP) is 1.73. The van der Waals surface area contributed by atoms with E-state index in [1.807, 2.05) is 0 Å². The zero-order valence-electron chi connectivity index (χ0n) is 28.7. The number of benzene rings is 1. The molecule has 0 aliphatic rings. The van der Waals surface area contributed by atoms with Crippen LogP contribution in [0.2, 0.25) is 0 Å². The summed E-state index contributed by atoms with van der Waals surface area (Å²) in [5.41, 5.74) is 0.217. The molecule has 3 amide bonds. The fraction of sp³-hybridized carbons (Fsp3) is 0.647. The molecule has 0 aliphatic heterocycles. The number of hydrogen-bond donors (Lipinski definition) is 5. The minimum Gasteiger partial charge on any atom is -0.494 e. The third-order valence-electron chi connectivity index (χ3n) is 7.01. The number of unbranched alkanes of at least 4 members (excludes halogenated alkanes) is 6. The summed E-state index contributed by atoms with van der Waals surface area (Å²) in [6.45, 7) is 2.47. The molecule has 0 spiro atoms. The van der Waals surface area contributed by atoms with E-state index in [0.29, 0.717) is 51.4 Å². The molecule has 0 bridgehead atoms. The van der Waals surface area contributed by atoms with Crippen LogP contribution in [0.25, 0.3) is 0 Å². The van der Waals surface area contributed by atoms with Crippen LogP contribution in [-0.2, 0) is 42.9 Å². The molecule has 16 nitrogen and oxygen atoms in total. The quantitative estimate of drug-likeness (QED) is 0.0518. The van der Waals surface area contributed by atoms with Gasteiger partial charge in [0.2, 0.25) is 17.7 Å². The molecule has 1 aromatic carbocycles. The van der Waals surface area contributed by atoms with Crippen LogP contribution in [0, 0.1) is 0 Å². The highest BCUT2D eigenvalue weighted by molar-refractivity contribution is 5.87. The number of carboxylic acids is 2. The standard InChI is InChI=1S/C34H53N3O13/c38-17-21-48-23-22-46-20-16-36-32(41)26-49-25-24-47-19-15-35-30(39)14-13-29(34(44)45)37-31(40)8-6-4-2-1-3-5-7-18-50-28-11-9-27(10-12-28)33(42)43/h9-12,17,29H,1-8,13-16,18-26H2,(H,35,39)(H,36,41)(H,37,40)(H,42,43)(H,44,45)/t29-/m0/s1. The Morgan fingerprint density at radius 2 is 1.22 bits per heavy atom. The number of carbonyl (C=O) groups is 6. The summed E-state index contributed by atoms with van der Waals surface area (Å²) < 4.78 is 26.3. The number of amides is 3. The van der Waals surface area contributed by atoms with Crippen molar-refractivity contribution in [3.63, 3.8) is 0 Å². The first kappa shape index (κ1) is 43.9. The highest BCUT2D eigenvalue weighted by Gasteiger charge is 2.20. The largest absolute Gasteiger partial charge is 0.494 e. The Morgan fingerprint density at radius 3 is 1.84 bits per heavy atom. The van der Waals surface area contributed by atoms with E-state index in [4.69, 9.17) is 28.8 Å². The van der Waals surface area contributed by atoms with Gasteiger partial charge < -0.3 is 54.6 Å². The SMILES string of the molecule is O=CCOCCOCCNC(=O)COCCOCCNC(=O)CC[C@H](NC(=O)CCCCCCCCCOc1ccc(C(=O)O)cc1)C(=O)O. The van der Waals surface area contributed by atoms with Crippen molar-refractivity contribution in [2.24, 2.45) is 0 Å². The van der Waals surface area contributed by atoms with Crippen LogP contribution in [0.4, 0.5) is 0 Å².